The first-order valence-electron chi connectivity index (χ1n) is 7.53. The predicted octanol–water partition coefficient (Wildman–Crippen LogP) is 3.51. The molecule has 0 aliphatic carbocycles. The first kappa shape index (κ1) is 16.0. The van der Waals surface area contributed by atoms with E-state index >= 15 is 0 Å². The van der Waals surface area contributed by atoms with E-state index in [9.17, 15) is 0 Å². The molecule has 1 aromatic heterocycles. The fraction of sp³-hybridized carbons (Fsp3) is 0.688. The maximum absolute atomic E-state index is 4.70. The molecule has 108 valence electrons. The Kier molecular flexibility index (Phi) is 6.85. The molecule has 0 aliphatic heterocycles. The standard InChI is InChI=1S/C16H29N3/c1-6-8-17-12-15-10-14(5)18-16(11-15)19(9-7-2)13(3)4/h10-11,13,17H,6-9,12H2,1-5H3. The maximum Gasteiger partial charge on any atom is 0.129 e. The van der Waals surface area contributed by atoms with Crippen molar-refractivity contribution in [1.29, 1.82) is 0 Å². The van der Waals surface area contributed by atoms with Gasteiger partial charge in [0.1, 0.15) is 5.82 Å². The normalized spacial score (nSPS) is 11.1. The van der Waals surface area contributed by atoms with E-state index in [1.54, 1.807) is 0 Å². The molecule has 0 bridgehead atoms. The van der Waals surface area contributed by atoms with Crippen LogP contribution in [-0.2, 0) is 6.54 Å². The minimum Gasteiger partial charge on any atom is -0.354 e. The number of rotatable bonds is 8. The van der Waals surface area contributed by atoms with Crippen LogP contribution in [0.15, 0.2) is 12.1 Å². The summed E-state index contributed by atoms with van der Waals surface area (Å²) in [5.74, 6) is 1.12. The van der Waals surface area contributed by atoms with Gasteiger partial charge in [-0.15, -0.1) is 0 Å². The lowest BCUT2D eigenvalue weighted by atomic mass is 10.2. The quantitative estimate of drug-likeness (QED) is 0.727. The van der Waals surface area contributed by atoms with Crippen molar-refractivity contribution < 1.29 is 0 Å². The molecule has 3 nitrogen and oxygen atoms in total. The average Bonchev–Trinajstić information content (AvgIpc) is 2.35. The highest BCUT2D eigenvalue weighted by molar-refractivity contribution is 5.43. The zero-order valence-corrected chi connectivity index (χ0v) is 13.2. The van der Waals surface area contributed by atoms with Crippen molar-refractivity contribution in [2.45, 2.75) is 60.0 Å². The molecule has 1 rings (SSSR count). The summed E-state index contributed by atoms with van der Waals surface area (Å²) in [6.07, 6.45) is 2.32. The van der Waals surface area contributed by atoms with Gasteiger partial charge in [0.2, 0.25) is 0 Å². The van der Waals surface area contributed by atoms with Crippen molar-refractivity contribution in [1.82, 2.24) is 10.3 Å². The van der Waals surface area contributed by atoms with E-state index in [2.05, 4.69) is 57.0 Å². The molecule has 0 atom stereocenters. The van der Waals surface area contributed by atoms with E-state index in [0.29, 0.717) is 6.04 Å². The molecule has 0 amide bonds. The molecule has 1 N–H and O–H groups in total. The Bertz CT molecular complexity index is 374. The number of nitrogens with one attached hydrogen (secondary N) is 1. The molecule has 0 saturated heterocycles. The van der Waals surface area contributed by atoms with E-state index in [-0.39, 0.29) is 0 Å². The molecule has 0 spiro atoms. The van der Waals surface area contributed by atoms with Gasteiger partial charge in [0.25, 0.3) is 0 Å². The molecular weight excluding hydrogens is 234 g/mol. The van der Waals surface area contributed by atoms with Crippen molar-refractivity contribution in [3.63, 3.8) is 0 Å². The largest absolute Gasteiger partial charge is 0.354 e. The van der Waals surface area contributed by atoms with Gasteiger partial charge in [-0.3, -0.25) is 0 Å². The first-order valence-corrected chi connectivity index (χ1v) is 7.53. The summed E-state index contributed by atoms with van der Waals surface area (Å²) in [6.45, 7) is 14.0. The van der Waals surface area contributed by atoms with Crippen LogP contribution in [0.25, 0.3) is 0 Å². The topological polar surface area (TPSA) is 28.2 Å². The number of hydrogen-bond acceptors (Lipinski definition) is 3. The van der Waals surface area contributed by atoms with Gasteiger partial charge >= 0.3 is 0 Å². The Morgan fingerprint density at radius 3 is 2.53 bits per heavy atom. The van der Waals surface area contributed by atoms with Crippen LogP contribution in [0.5, 0.6) is 0 Å². The second-order valence-corrected chi connectivity index (χ2v) is 5.44. The summed E-state index contributed by atoms with van der Waals surface area (Å²) in [5.41, 5.74) is 2.44. The summed E-state index contributed by atoms with van der Waals surface area (Å²) < 4.78 is 0. The summed E-state index contributed by atoms with van der Waals surface area (Å²) in [5, 5.41) is 3.46. The summed E-state index contributed by atoms with van der Waals surface area (Å²) >= 11 is 0. The summed E-state index contributed by atoms with van der Waals surface area (Å²) in [4.78, 5) is 7.09. The minimum atomic E-state index is 0.491. The third-order valence-electron chi connectivity index (χ3n) is 3.14. The third kappa shape index (κ3) is 5.19. The molecule has 1 heterocycles. The third-order valence-corrected chi connectivity index (χ3v) is 3.14. The second-order valence-electron chi connectivity index (χ2n) is 5.44. The van der Waals surface area contributed by atoms with Crippen LogP contribution < -0.4 is 10.2 Å². The second kappa shape index (κ2) is 8.16. The van der Waals surface area contributed by atoms with Gasteiger partial charge < -0.3 is 10.2 Å². The van der Waals surface area contributed by atoms with Gasteiger partial charge in [0.05, 0.1) is 0 Å². The van der Waals surface area contributed by atoms with Crippen LogP contribution in [-0.4, -0.2) is 24.1 Å². The molecule has 0 radical (unpaired) electrons. The van der Waals surface area contributed by atoms with E-state index in [0.717, 1.165) is 37.6 Å². The van der Waals surface area contributed by atoms with Gasteiger partial charge in [0, 0.05) is 24.8 Å². The highest BCUT2D eigenvalue weighted by Gasteiger charge is 2.12. The Hall–Kier alpha value is -1.09. The van der Waals surface area contributed by atoms with Crippen LogP contribution in [0.3, 0.4) is 0 Å². The molecule has 1 aromatic rings. The van der Waals surface area contributed by atoms with Crippen LogP contribution in [0.1, 0.15) is 51.8 Å². The smallest absolute Gasteiger partial charge is 0.129 e. The Morgan fingerprint density at radius 1 is 1.21 bits per heavy atom. The van der Waals surface area contributed by atoms with Crippen LogP contribution in [0, 0.1) is 6.92 Å². The molecule has 0 aliphatic rings. The van der Waals surface area contributed by atoms with E-state index < -0.39 is 0 Å². The van der Waals surface area contributed by atoms with Crippen LogP contribution >= 0.6 is 0 Å². The highest BCUT2D eigenvalue weighted by atomic mass is 15.2. The van der Waals surface area contributed by atoms with E-state index in [1.807, 2.05) is 0 Å². The van der Waals surface area contributed by atoms with Gasteiger partial charge in [-0.25, -0.2) is 4.98 Å². The number of nitrogens with zero attached hydrogens (tertiary/aromatic N) is 2. The minimum absolute atomic E-state index is 0.491. The fourth-order valence-electron chi connectivity index (χ4n) is 2.26. The molecular formula is C16H29N3. The zero-order chi connectivity index (χ0) is 14.3. The number of anilines is 1. The van der Waals surface area contributed by atoms with Gasteiger partial charge in [-0.05, 0) is 57.9 Å². The molecule has 0 aromatic carbocycles. The molecule has 3 heteroatoms. The SMILES string of the molecule is CCCNCc1cc(C)nc(N(CCC)C(C)C)c1. The van der Waals surface area contributed by atoms with Crippen molar-refractivity contribution in [3.8, 4) is 0 Å². The zero-order valence-electron chi connectivity index (χ0n) is 13.2. The molecule has 0 fully saturated rings. The van der Waals surface area contributed by atoms with Crippen molar-refractivity contribution in [2.75, 3.05) is 18.0 Å². The summed E-state index contributed by atoms with van der Waals surface area (Å²) in [6, 6.07) is 4.90. The van der Waals surface area contributed by atoms with Crippen LogP contribution in [0.4, 0.5) is 5.82 Å². The molecule has 0 unspecified atom stereocenters. The van der Waals surface area contributed by atoms with E-state index in [1.165, 1.54) is 12.0 Å². The Balaban J connectivity index is 2.87. The lowest BCUT2D eigenvalue weighted by Crippen LogP contribution is -2.32. The maximum atomic E-state index is 4.70. The number of aromatic nitrogens is 1. The number of hydrogen-bond donors (Lipinski definition) is 1. The molecule has 0 saturated carbocycles. The predicted molar refractivity (Wildman–Crippen MR) is 83.7 cm³/mol. The highest BCUT2D eigenvalue weighted by Crippen LogP contribution is 2.18. The lowest BCUT2D eigenvalue weighted by Gasteiger charge is -2.28. The van der Waals surface area contributed by atoms with E-state index in [4.69, 9.17) is 4.98 Å². The van der Waals surface area contributed by atoms with Gasteiger partial charge in [-0.1, -0.05) is 13.8 Å². The van der Waals surface area contributed by atoms with Crippen molar-refractivity contribution >= 4 is 5.82 Å². The van der Waals surface area contributed by atoms with Crippen molar-refractivity contribution in [3.05, 3.63) is 23.4 Å². The van der Waals surface area contributed by atoms with Crippen LogP contribution in [0.2, 0.25) is 0 Å². The number of pyridine rings is 1. The first-order chi connectivity index (χ1) is 9.08. The lowest BCUT2D eigenvalue weighted by molar-refractivity contribution is 0.654. The molecule has 19 heavy (non-hydrogen) atoms. The average molecular weight is 263 g/mol. The van der Waals surface area contributed by atoms with Gasteiger partial charge in [-0.2, -0.15) is 0 Å². The monoisotopic (exact) mass is 263 g/mol. The Labute approximate surface area is 118 Å². The fourth-order valence-corrected chi connectivity index (χ4v) is 2.26. The summed E-state index contributed by atoms with van der Waals surface area (Å²) in [7, 11) is 0. The van der Waals surface area contributed by atoms with Gasteiger partial charge in [0.15, 0.2) is 0 Å². The number of aryl methyl sites for hydroxylation is 1. The van der Waals surface area contributed by atoms with Crippen molar-refractivity contribution in [2.24, 2.45) is 0 Å². The Morgan fingerprint density at radius 2 is 1.95 bits per heavy atom.